The summed E-state index contributed by atoms with van der Waals surface area (Å²) >= 11 is 0. The lowest BCUT2D eigenvalue weighted by molar-refractivity contribution is -0.117. The zero-order chi connectivity index (χ0) is 14.1. The molecule has 0 aliphatic rings. The van der Waals surface area contributed by atoms with Crippen LogP contribution in [0, 0.1) is 18.3 Å². The van der Waals surface area contributed by atoms with Gasteiger partial charge in [-0.3, -0.25) is 4.79 Å². The van der Waals surface area contributed by atoms with Gasteiger partial charge in [0.2, 0.25) is 0 Å². The molecule has 0 atom stereocenters. The van der Waals surface area contributed by atoms with Crippen LogP contribution < -0.4 is 5.32 Å². The maximum Gasteiger partial charge on any atom is 0.262 e. The van der Waals surface area contributed by atoms with Gasteiger partial charge in [0.25, 0.3) is 5.91 Å². The smallest absolute Gasteiger partial charge is 0.262 e. The van der Waals surface area contributed by atoms with Crippen molar-refractivity contribution >= 4 is 12.0 Å². The van der Waals surface area contributed by atoms with Gasteiger partial charge in [-0.25, -0.2) is 0 Å². The Balaban J connectivity index is 2.49. The Morgan fingerprint density at radius 1 is 1.42 bits per heavy atom. The van der Waals surface area contributed by atoms with Crippen molar-refractivity contribution < 1.29 is 9.21 Å². The van der Waals surface area contributed by atoms with E-state index in [0.29, 0.717) is 12.3 Å². The SMILES string of the molecule is CCCCCCNC(=O)/C(C#N)=C/c1ccc(C)o1. The fourth-order valence-electron chi connectivity index (χ4n) is 1.67. The maximum atomic E-state index is 11.8. The first-order valence-corrected chi connectivity index (χ1v) is 6.63. The number of unbranched alkanes of at least 4 members (excludes halogenated alkanes) is 3. The molecule has 102 valence electrons. The Bertz CT molecular complexity index is 481. The molecule has 0 saturated carbocycles. The molecule has 0 spiro atoms. The first kappa shape index (κ1) is 15.0. The molecular weight excluding hydrogens is 240 g/mol. The first-order chi connectivity index (χ1) is 9.17. The van der Waals surface area contributed by atoms with Gasteiger partial charge >= 0.3 is 0 Å². The lowest BCUT2D eigenvalue weighted by Crippen LogP contribution is -2.25. The maximum absolute atomic E-state index is 11.8. The predicted molar refractivity (Wildman–Crippen MR) is 74.2 cm³/mol. The molecule has 4 nitrogen and oxygen atoms in total. The number of carbonyl (C=O) groups excluding carboxylic acids is 1. The average Bonchev–Trinajstić information content (AvgIpc) is 2.81. The highest BCUT2D eigenvalue weighted by molar-refractivity contribution is 6.01. The van der Waals surface area contributed by atoms with Crippen LogP contribution in [0.2, 0.25) is 0 Å². The van der Waals surface area contributed by atoms with Crippen molar-refractivity contribution in [2.45, 2.75) is 39.5 Å². The third-order valence-corrected chi connectivity index (χ3v) is 2.73. The zero-order valence-electron chi connectivity index (χ0n) is 11.5. The van der Waals surface area contributed by atoms with Crippen molar-refractivity contribution in [2.24, 2.45) is 0 Å². The standard InChI is InChI=1S/C15H20N2O2/c1-3-4-5-6-9-17-15(18)13(11-16)10-14-8-7-12(2)19-14/h7-8,10H,3-6,9H2,1-2H3,(H,17,18)/b13-10+. The lowest BCUT2D eigenvalue weighted by atomic mass is 10.2. The largest absolute Gasteiger partial charge is 0.462 e. The minimum atomic E-state index is -0.340. The van der Waals surface area contributed by atoms with Crippen molar-refractivity contribution in [3.05, 3.63) is 29.2 Å². The van der Waals surface area contributed by atoms with Crippen LogP contribution in [0.15, 0.2) is 22.1 Å². The second-order valence-electron chi connectivity index (χ2n) is 4.43. The molecule has 0 fully saturated rings. The molecule has 1 heterocycles. The molecule has 1 N–H and O–H groups in total. The normalized spacial score (nSPS) is 11.1. The van der Waals surface area contributed by atoms with Gasteiger partial charge in [0.1, 0.15) is 23.2 Å². The summed E-state index contributed by atoms with van der Waals surface area (Å²) in [5.41, 5.74) is 0.0739. The summed E-state index contributed by atoms with van der Waals surface area (Å²) in [6.07, 6.45) is 5.84. The van der Waals surface area contributed by atoms with Gasteiger partial charge in [0.05, 0.1) is 0 Å². The van der Waals surface area contributed by atoms with Crippen LogP contribution in [0.5, 0.6) is 0 Å². The third kappa shape index (κ3) is 5.43. The number of rotatable bonds is 7. The fourth-order valence-corrected chi connectivity index (χ4v) is 1.67. The Morgan fingerprint density at radius 2 is 2.21 bits per heavy atom. The summed E-state index contributed by atoms with van der Waals surface area (Å²) in [5.74, 6) is 0.937. The molecule has 19 heavy (non-hydrogen) atoms. The number of nitriles is 1. The number of furan rings is 1. The third-order valence-electron chi connectivity index (χ3n) is 2.73. The molecule has 1 aromatic rings. The van der Waals surface area contributed by atoms with E-state index in [-0.39, 0.29) is 11.5 Å². The van der Waals surface area contributed by atoms with Crippen molar-refractivity contribution in [1.29, 1.82) is 5.26 Å². The molecular formula is C15H20N2O2. The molecule has 1 rings (SSSR count). The summed E-state index contributed by atoms with van der Waals surface area (Å²) in [6, 6.07) is 5.43. The Hall–Kier alpha value is -2.02. The van der Waals surface area contributed by atoms with E-state index >= 15 is 0 Å². The van der Waals surface area contributed by atoms with Gasteiger partial charge in [0.15, 0.2) is 0 Å². The second kappa shape index (κ2) is 8.15. The molecule has 0 aromatic carbocycles. The second-order valence-corrected chi connectivity index (χ2v) is 4.43. The van der Waals surface area contributed by atoms with Crippen LogP contribution in [0.4, 0.5) is 0 Å². The molecule has 4 heteroatoms. The lowest BCUT2D eigenvalue weighted by Gasteiger charge is -2.03. The van der Waals surface area contributed by atoms with E-state index in [1.165, 1.54) is 12.5 Å². The van der Waals surface area contributed by atoms with Gasteiger partial charge in [-0.1, -0.05) is 26.2 Å². The summed E-state index contributed by atoms with van der Waals surface area (Å²) in [5, 5.41) is 11.7. The van der Waals surface area contributed by atoms with Crippen LogP contribution in [-0.4, -0.2) is 12.5 Å². The van der Waals surface area contributed by atoms with Gasteiger partial charge in [0, 0.05) is 12.6 Å². The van der Waals surface area contributed by atoms with E-state index in [9.17, 15) is 4.79 Å². The highest BCUT2D eigenvalue weighted by Crippen LogP contribution is 2.11. The van der Waals surface area contributed by atoms with Crippen molar-refractivity contribution in [3.8, 4) is 6.07 Å². The minimum Gasteiger partial charge on any atom is -0.462 e. The van der Waals surface area contributed by atoms with Gasteiger partial charge in [-0.05, 0) is 25.5 Å². The van der Waals surface area contributed by atoms with Crippen LogP contribution >= 0.6 is 0 Å². The van der Waals surface area contributed by atoms with E-state index in [1.807, 2.05) is 13.0 Å². The first-order valence-electron chi connectivity index (χ1n) is 6.63. The van der Waals surface area contributed by atoms with Crippen LogP contribution in [-0.2, 0) is 4.79 Å². The van der Waals surface area contributed by atoms with Crippen molar-refractivity contribution in [3.63, 3.8) is 0 Å². The summed E-state index contributed by atoms with van der Waals surface area (Å²) in [6.45, 7) is 4.56. The summed E-state index contributed by atoms with van der Waals surface area (Å²) < 4.78 is 5.32. The number of nitrogens with one attached hydrogen (secondary N) is 1. The van der Waals surface area contributed by atoms with Gasteiger partial charge in [-0.15, -0.1) is 0 Å². The molecule has 0 bridgehead atoms. The van der Waals surface area contributed by atoms with E-state index in [4.69, 9.17) is 9.68 Å². The Labute approximate surface area is 114 Å². The number of hydrogen-bond donors (Lipinski definition) is 1. The van der Waals surface area contributed by atoms with E-state index in [0.717, 1.165) is 25.0 Å². The quantitative estimate of drug-likeness (QED) is 0.465. The number of hydrogen-bond acceptors (Lipinski definition) is 3. The van der Waals surface area contributed by atoms with Gasteiger partial charge < -0.3 is 9.73 Å². The van der Waals surface area contributed by atoms with Crippen molar-refractivity contribution in [2.75, 3.05) is 6.54 Å². The average molecular weight is 260 g/mol. The van der Waals surface area contributed by atoms with Crippen LogP contribution in [0.1, 0.15) is 44.1 Å². The highest BCUT2D eigenvalue weighted by atomic mass is 16.3. The summed E-state index contributed by atoms with van der Waals surface area (Å²) in [7, 11) is 0. The predicted octanol–water partition coefficient (Wildman–Crippen LogP) is 3.19. The number of amides is 1. The molecule has 0 saturated heterocycles. The monoisotopic (exact) mass is 260 g/mol. The van der Waals surface area contributed by atoms with E-state index in [2.05, 4.69) is 12.2 Å². The van der Waals surface area contributed by atoms with Crippen LogP contribution in [0.25, 0.3) is 6.08 Å². The molecule has 0 radical (unpaired) electrons. The topological polar surface area (TPSA) is 66.0 Å². The molecule has 1 amide bonds. The molecule has 0 aliphatic carbocycles. The molecule has 1 aromatic heterocycles. The fraction of sp³-hybridized carbons (Fsp3) is 0.467. The number of carbonyl (C=O) groups is 1. The Morgan fingerprint density at radius 3 is 2.79 bits per heavy atom. The molecule has 0 aliphatic heterocycles. The van der Waals surface area contributed by atoms with Gasteiger partial charge in [-0.2, -0.15) is 5.26 Å². The van der Waals surface area contributed by atoms with Crippen LogP contribution in [0.3, 0.4) is 0 Å². The number of aryl methyl sites for hydroxylation is 1. The van der Waals surface area contributed by atoms with E-state index in [1.54, 1.807) is 12.1 Å². The number of nitrogens with zero attached hydrogens (tertiary/aromatic N) is 1. The minimum absolute atomic E-state index is 0.0739. The highest BCUT2D eigenvalue weighted by Gasteiger charge is 2.09. The Kier molecular flexibility index (Phi) is 6.45. The zero-order valence-corrected chi connectivity index (χ0v) is 11.5. The molecule has 0 unspecified atom stereocenters. The van der Waals surface area contributed by atoms with Crippen molar-refractivity contribution in [1.82, 2.24) is 5.32 Å². The summed E-state index contributed by atoms with van der Waals surface area (Å²) in [4.78, 5) is 11.8. The van der Waals surface area contributed by atoms with E-state index < -0.39 is 0 Å².